The number of aromatic nitrogens is 2. The standard InChI is InChI=1S/C22H21N3O3S2/c1-28-19-11-9-17(10-12-19)13-14-23-30(26,27)21-16-25(18-6-3-2-4-7-18)24-22(21)20-8-5-15-29-20/h2-12,15-16,23H,13-14H2,1H3. The fraction of sp³-hybridized carbons (Fsp3) is 0.136. The average Bonchev–Trinajstić information content (AvgIpc) is 3.45. The van der Waals surface area contributed by atoms with Crippen molar-refractivity contribution in [2.75, 3.05) is 13.7 Å². The van der Waals surface area contributed by atoms with Crippen LogP contribution in [0, 0.1) is 0 Å². The van der Waals surface area contributed by atoms with E-state index < -0.39 is 10.0 Å². The van der Waals surface area contributed by atoms with Gasteiger partial charge in [0.2, 0.25) is 10.0 Å². The minimum Gasteiger partial charge on any atom is -0.497 e. The van der Waals surface area contributed by atoms with Gasteiger partial charge in [-0.3, -0.25) is 0 Å². The number of nitrogens with one attached hydrogen (secondary N) is 1. The number of nitrogens with zero attached hydrogens (tertiary/aromatic N) is 2. The molecule has 2 aromatic heterocycles. The van der Waals surface area contributed by atoms with Crippen LogP contribution in [0.4, 0.5) is 0 Å². The molecule has 0 saturated heterocycles. The molecule has 1 N–H and O–H groups in total. The van der Waals surface area contributed by atoms with E-state index in [9.17, 15) is 8.42 Å². The second-order valence-corrected chi connectivity index (χ2v) is 9.28. The third-order valence-corrected chi connectivity index (χ3v) is 6.95. The maximum absolute atomic E-state index is 13.1. The summed E-state index contributed by atoms with van der Waals surface area (Å²) in [6.45, 7) is 0.287. The van der Waals surface area contributed by atoms with Crippen LogP contribution >= 0.6 is 11.3 Å². The first-order valence-corrected chi connectivity index (χ1v) is 11.7. The van der Waals surface area contributed by atoms with Crippen LogP contribution < -0.4 is 9.46 Å². The van der Waals surface area contributed by atoms with Crippen molar-refractivity contribution in [3.63, 3.8) is 0 Å². The predicted octanol–water partition coefficient (Wildman–Crippen LogP) is 4.13. The summed E-state index contributed by atoms with van der Waals surface area (Å²) in [5.74, 6) is 0.772. The maximum Gasteiger partial charge on any atom is 0.244 e. The van der Waals surface area contributed by atoms with Gasteiger partial charge in [-0.05, 0) is 47.7 Å². The van der Waals surface area contributed by atoms with E-state index in [4.69, 9.17) is 4.74 Å². The minimum atomic E-state index is -3.74. The zero-order valence-electron chi connectivity index (χ0n) is 16.4. The Hall–Kier alpha value is -2.94. The van der Waals surface area contributed by atoms with Crippen LogP contribution in [0.1, 0.15) is 5.56 Å². The van der Waals surface area contributed by atoms with Crippen LogP contribution in [0.15, 0.2) is 83.2 Å². The molecule has 0 aliphatic heterocycles. The molecule has 0 aliphatic carbocycles. The average molecular weight is 440 g/mol. The summed E-state index contributed by atoms with van der Waals surface area (Å²) in [6, 6.07) is 20.8. The van der Waals surface area contributed by atoms with E-state index in [-0.39, 0.29) is 11.4 Å². The van der Waals surface area contributed by atoms with Crippen molar-refractivity contribution in [3.8, 4) is 22.0 Å². The first-order chi connectivity index (χ1) is 14.6. The Morgan fingerprint density at radius 2 is 1.80 bits per heavy atom. The number of thiophene rings is 1. The highest BCUT2D eigenvalue weighted by atomic mass is 32.2. The molecular weight excluding hydrogens is 418 g/mol. The van der Waals surface area contributed by atoms with Crippen molar-refractivity contribution in [1.82, 2.24) is 14.5 Å². The van der Waals surface area contributed by atoms with Crippen LogP contribution in [-0.4, -0.2) is 31.9 Å². The van der Waals surface area contributed by atoms with Crippen LogP contribution in [-0.2, 0) is 16.4 Å². The molecule has 2 aromatic carbocycles. The lowest BCUT2D eigenvalue weighted by atomic mass is 10.1. The summed E-state index contributed by atoms with van der Waals surface area (Å²) in [5, 5.41) is 6.48. The molecule has 0 atom stereocenters. The van der Waals surface area contributed by atoms with Crippen LogP contribution in [0.3, 0.4) is 0 Å². The van der Waals surface area contributed by atoms with Gasteiger partial charge in [-0.1, -0.05) is 36.4 Å². The van der Waals surface area contributed by atoms with E-state index >= 15 is 0 Å². The number of para-hydroxylation sites is 1. The molecule has 6 nitrogen and oxygen atoms in total. The number of rotatable bonds is 8. The van der Waals surface area contributed by atoms with Gasteiger partial charge >= 0.3 is 0 Å². The number of ether oxygens (including phenoxy) is 1. The van der Waals surface area contributed by atoms with Crippen molar-refractivity contribution < 1.29 is 13.2 Å². The number of benzene rings is 2. The summed E-state index contributed by atoms with van der Waals surface area (Å²) in [5.41, 5.74) is 2.28. The Kier molecular flexibility index (Phi) is 5.98. The van der Waals surface area contributed by atoms with Crippen molar-refractivity contribution in [1.29, 1.82) is 0 Å². The molecule has 0 aliphatic rings. The SMILES string of the molecule is COc1ccc(CCNS(=O)(=O)c2cn(-c3ccccc3)nc2-c2cccs2)cc1. The molecule has 154 valence electrons. The predicted molar refractivity (Wildman–Crippen MR) is 119 cm³/mol. The van der Waals surface area contributed by atoms with Crippen LogP contribution in [0.2, 0.25) is 0 Å². The number of hydrogen-bond donors (Lipinski definition) is 1. The zero-order chi connectivity index (χ0) is 21.0. The highest BCUT2D eigenvalue weighted by Crippen LogP contribution is 2.30. The van der Waals surface area contributed by atoms with Gasteiger partial charge in [0.05, 0.1) is 23.9 Å². The molecule has 0 unspecified atom stereocenters. The molecule has 0 spiro atoms. The van der Waals surface area contributed by atoms with E-state index in [1.165, 1.54) is 11.3 Å². The Labute approximate surface area is 179 Å². The Bertz CT molecular complexity index is 1200. The number of sulfonamides is 1. The Balaban J connectivity index is 1.58. The summed E-state index contributed by atoms with van der Waals surface area (Å²) < 4.78 is 35.7. The highest BCUT2D eigenvalue weighted by molar-refractivity contribution is 7.89. The molecule has 4 aromatic rings. The molecule has 0 amide bonds. The Morgan fingerprint density at radius 1 is 1.03 bits per heavy atom. The van der Waals surface area contributed by atoms with Crippen molar-refractivity contribution in [3.05, 3.63) is 83.9 Å². The lowest BCUT2D eigenvalue weighted by Crippen LogP contribution is -2.26. The normalized spacial score (nSPS) is 11.5. The summed E-state index contributed by atoms with van der Waals surface area (Å²) >= 11 is 1.46. The monoisotopic (exact) mass is 439 g/mol. The molecule has 0 bridgehead atoms. The fourth-order valence-electron chi connectivity index (χ4n) is 3.05. The van der Waals surface area contributed by atoms with E-state index in [1.54, 1.807) is 18.0 Å². The highest BCUT2D eigenvalue weighted by Gasteiger charge is 2.24. The first-order valence-electron chi connectivity index (χ1n) is 9.38. The molecule has 0 fully saturated rings. The van der Waals surface area contributed by atoms with Gasteiger partial charge in [0, 0.05) is 6.54 Å². The van der Waals surface area contributed by atoms with Crippen molar-refractivity contribution >= 4 is 21.4 Å². The summed E-state index contributed by atoms with van der Waals surface area (Å²) in [4.78, 5) is 0.976. The third-order valence-electron chi connectivity index (χ3n) is 4.61. The van der Waals surface area contributed by atoms with Crippen LogP contribution in [0.5, 0.6) is 5.75 Å². The van der Waals surface area contributed by atoms with Gasteiger partial charge in [0.15, 0.2) is 0 Å². The van der Waals surface area contributed by atoms with E-state index in [0.717, 1.165) is 21.9 Å². The van der Waals surface area contributed by atoms with Gasteiger partial charge in [0.1, 0.15) is 16.3 Å². The molecule has 0 radical (unpaired) electrons. The molecule has 4 rings (SSSR count). The topological polar surface area (TPSA) is 73.2 Å². The van der Waals surface area contributed by atoms with Gasteiger partial charge in [-0.25, -0.2) is 17.8 Å². The fourth-order valence-corrected chi connectivity index (χ4v) is 5.01. The Morgan fingerprint density at radius 3 is 2.47 bits per heavy atom. The summed E-state index contributed by atoms with van der Waals surface area (Å²) in [6.07, 6.45) is 2.14. The molecular formula is C22H21N3O3S2. The van der Waals surface area contributed by atoms with E-state index in [0.29, 0.717) is 12.1 Å². The smallest absolute Gasteiger partial charge is 0.244 e. The maximum atomic E-state index is 13.1. The molecule has 30 heavy (non-hydrogen) atoms. The van der Waals surface area contributed by atoms with Gasteiger partial charge < -0.3 is 4.74 Å². The molecule has 2 heterocycles. The quantitative estimate of drug-likeness (QED) is 0.448. The first kappa shape index (κ1) is 20.3. The van der Waals surface area contributed by atoms with Crippen molar-refractivity contribution in [2.45, 2.75) is 11.3 Å². The largest absolute Gasteiger partial charge is 0.497 e. The molecule has 8 heteroatoms. The van der Waals surface area contributed by atoms with Crippen LogP contribution in [0.25, 0.3) is 16.3 Å². The summed E-state index contributed by atoms with van der Waals surface area (Å²) in [7, 11) is -2.12. The van der Waals surface area contributed by atoms with E-state index in [1.807, 2.05) is 72.1 Å². The number of hydrogen-bond acceptors (Lipinski definition) is 5. The lowest BCUT2D eigenvalue weighted by Gasteiger charge is -2.07. The second-order valence-electron chi connectivity index (χ2n) is 6.60. The van der Waals surface area contributed by atoms with Gasteiger partial charge in [0.25, 0.3) is 0 Å². The third kappa shape index (κ3) is 4.46. The minimum absolute atomic E-state index is 0.170. The van der Waals surface area contributed by atoms with Crippen molar-refractivity contribution in [2.24, 2.45) is 0 Å². The number of methoxy groups -OCH3 is 1. The van der Waals surface area contributed by atoms with Gasteiger partial charge in [-0.15, -0.1) is 11.3 Å². The molecule has 0 saturated carbocycles. The van der Waals surface area contributed by atoms with E-state index in [2.05, 4.69) is 9.82 Å². The lowest BCUT2D eigenvalue weighted by molar-refractivity contribution is 0.414. The van der Waals surface area contributed by atoms with Gasteiger partial charge in [-0.2, -0.15) is 5.10 Å². The zero-order valence-corrected chi connectivity index (χ0v) is 18.0. The second kappa shape index (κ2) is 8.83.